The van der Waals surface area contributed by atoms with Gasteiger partial charge in [0.2, 0.25) is 0 Å². The van der Waals surface area contributed by atoms with E-state index in [0.29, 0.717) is 5.06 Å². The number of hydrogen-bond acceptors (Lipinski definition) is 7. The number of amides is 2. The first-order chi connectivity index (χ1) is 8.90. The molecule has 0 saturated carbocycles. The van der Waals surface area contributed by atoms with Crippen LogP contribution in [0.3, 0.4) is 0 Å². The van der Waals surface area contributed by atoms with Crippen molar-refractivity contribution in [2.75, 3.05) is 0 Å². The molecule has 1 aromatic carbocycles. The zero-order valence-electron chi connectivity index (χ0n) is 9.49. The molecule has 2 rings (SSSR count). The smallest absolute Gasteiger partial charge is 0.364 e. The van der Waals surface area contributed by atoms with Gasteiger partial charge in [-0.3, -0.25) is 9.59 Å². The van der Waals surface area contributed by atoms with Crippen molar-refractivity contribution < 1.29 is 34.5 Å². The lowest BCUT2D eigenvalue weighted by molar-refractivity contribution is -0.172. The Morgan fingerprint density at radius 3 is 2.00 bits per heavy atom. The van der Waals surface area contributed by atoms with Crippen LogP contribution in [0.25, 0.3) is 0 Å². The van der Waals surface area contributed by atoms with Gasteiger partial charge >= 0.3 is 5.97 Å². The summed E-state index contributed by atoms with van der Waals surface area (Å²) < 4.78 is 0. The van der Waals surface area contributed by atoms with E-state index >= 15 is 0 Å². The molecule has 1 aliphatic rings. The SMILES string of the molecule is O=C(ON1C(=O)CCC1=O)c1cc(O)c(O)c(O)c1. The highest BCUT2D eigenvalue weighted by Crippen LogP contribution is 2.35. The van der Waals surface area contributed by atoms with Crippen LogP contribution in [0.1, 0.15) is 23.2 Å². The predicted octanol–water partition coefficient (Wildman–Crippen LogP) is 0.0242. The normalized spacial score (nSPS) is 14.8. The minimum absolute atomic E-state index is 0.0435. The van der Waals surface area contributed by atoms with Gasteiger partial charge in [-0.25, -0.2) is 4.79 Å². The third kappa shape index (κ3) is 2.28. The van der Waals surface area contributed by atoms with E-state index < -0.39 is 35.0 Å². The highest BCUT2D eigenvalue weighted by molar-refractivity contribution is 6.02. The van der Waals surface area contributed by atoms with Crippen molar-refractivity contribution in [3.8, 4) is 17.2 Å². The van der Waals surface area contributed by atoms with Crippen molar-refractivity contribution in [1.82, 2.24) is 5.06 Å². The number of hydroxylamine groups is 2. The number of rotatable bonds is 2. The largest absolute Gasteiger partial charge is 0.504 e. The van der Waals surface area contributed by atoms with Crippen LogP contribution in [0, 0.1) is 0 Å². The molecule has 8 nitrogen and oxygen atoms in total. The van der Waals surface area contributed by atoms with Crippen LogP contribution in [-0.4, -0.2) is 38.2 Å². The quantitative estimate of drug-likeness (QED) is 0.509. The van der Waals surface area contributed by atoms with Gasteiger partial charge in [-0.15, -0.1) is 5.06 Å². The monoisotopic (exact) mass is 267 g/mol. The van der Waals surface area contributed by atoms with Crippen LogP contribution in [0.4, 0.5) is 0 Å². The van der Waals surface area contributed by atoms with Crippen LogP contribution >= 0.6 is 0 Å². The number of phenols is 3. The molecule has 1 aliphatic heterocycles. The van der Waals surface area contributed by atoms with Crippen molar-refractivity contribution in [1.29, 1.82) is 0 Å². The lowest BCUT2D eigenvalue weighted by Gasteiger charge is -2.13. The summed E-state index contributed by atoms with van der Waals surface area (Å²) in [6.45, 7) is 0. The van der Waals surface area contributed by atoms with Crippen molar-refractivity contribution in [3.63, 3.8) is 0 Å². The maximum atomic E-state index is 11.6. The Morgan fingerprint density at radius 1 is 1.05 bits per heavy atom. The molecule has 0 aromatic heterocycles. The summed E-state index contributed by atoms with van der Waals surface area (Å²) in [6.07, 6.45) is -0.0869. The number of carbonyl (C=O) groups is 3. The van der Waals surface area contributed by atoms with Crippen molar-refractivity contribution in [2.24, 2.45) is 0 Å². The van der Waals surface area contributed by atoms with Gasteiger partial charge in [0.15, 0.2) is 17.2 Å². The van der Waals surface area contributed by atoms with E-state index in [9.17, 15) is 24.6 Å². The molecule has 0 radical (unpaired) electrons. The Labute approximate surface area is 106 Å². The molecule has 0 bridgehead atoms. The summed E-state index contributed by atoms with van der Waals surface area (Å²) in [5, 5.41) is 27.9. The van der Waals surface area contributed by atoms with Crippen molar-refractivity contribution >= 4 is 17.8 Å². The van der Waals surface area contributed by atoms with Gasteiger partial charge in [0.1, 0.15) is 0 Å². The average molecular weight is 267 g/mol. The summed E-state index contributed by atoms with van der Waals surface area (Å²) in [5.41, 5.74) is -0.319. The van der Waals surface area contributed by atoms with Gasteiger partial charge in [0.25, 0.3) is 11.8 Å². The Hall–Kier alpha value is -2.77. The molecule has 1 heterocycles. The predicted molar refractivity (Wildman–Crippen MR) is 57.9 cm³/mol. The first kappa shape index (κ1) is 12.7. The van der Waals surface area contributed by atoms with E-state index in [0.717, 1.165) is 12.1 Å². The minimum atomic E-state index is -1.12. The fourth-order valence-electron chi connectivity index (χ4n) is 1.52. The fourth-order valence-corrected chi connectivity index (χ4v) is 1.52. The van der Waals surface area contributed by atoms with E-state index in [2.05, 4.69) is 4.84 Å². The van der Waals surface area contributed by atoms with Crippen molar-refractivity contribution in [3.05, 3.63) is 17.7 Å². The van der Waals surface area contributed by atoms with Crippen LogP contribution < -0.4 is 0 Å². The summed E-state index contributed by atoms with van der Waals surface area (Å²) in [5.74, 6) is -4.66. The maximum Gasteiger partial charge on any atom is 0.364 e. The molecular formula is C11H9NO7. The highest BCUT2D eigenvalue weighted by Gasteiger charge is 2.33. The second-order valence-corrected chi connectivity index (χ2v) is 3.82. The van der Waals surface area contributed by atoms with Crippen LogP contribution in [0.5, 0.6) is 17.2 Å². The van der Waals surface area contributed by atoms with E-state index in [-0.39, 0.29) is 18.4 Å². The topological polar surface area (TPSA) is 124 Å². The molecule has 19 heavy (non-hydrogen) atoms. The standard InChI is InChI=1S/C11H9NO7/c13-6-3-5(4-7(14)10(6)17)11(18)19-12-8(15)1-2-9(12)16/h3-4,13-14,17H,1-2H2. The van der Waals surface area contributed by atoms with Crippen LogP contribution in [-0.2, 0) is 14.4 Å². The summed E-state index contributed by atoms with van der Waals surface area (Å²) in [4.78, 5) is 38.7. The first-order valence-corrected chi connectivity index (χ1v) is 5.23. The Morgan fingerprint density at radius 2 is 1.53 bits per heavy atom. The third-order valence-electron chi connectivity index (χ3n) is 2.49. The van der Waals surface area contributed by atoms with Gasteiger partial charge in [0, 0.05) is 12.8 Å². The molecular weight excluding hydrogens is 258 g/mol. The zero-order chi connectivity index (χ0) is 14.2. The van der Waals surface area contributed by atoms with Crippen LogP contribution in [0.2, 0.25) is 0 Å². The molecule has 8 heteroatoms. The lowest BCUT2D eigenvalue weighted by atomic mass is 10.2. The highest BCUT2D eigenvalue weighted by atomic mass is 16.7. The number of hydrogen-bond donors (Lipinski definition) is 3. The Balaban J connectivity index is 2.21. The molecule has 3 N–H and O–H groups in total. The molecule has 0 unspecified atom stereocenters. The second-order valence-electron chi connectivity index (χ2n) is 3.82. The maximum absolute atomic E-state index is 11.6. The summed E-state index contributed by atoms with van der Waals surface area (Å²) in [7, 11) is 0. The van der Waals surface area contributed by atoms with E-state index in [4.69, 9.17) is 5.11 Å². The average Bonchev–Trinajstić information content (AvgIpc) is 2.67. The van der Waals surface area contributed by atoms with Crippen molar-refractivity contribution in [2.45, 2.75) is 12.8 Å². The molecule has 0 aliphatic carbocycles. The number of benzene rings is 1. The second kappa shape index (κ2) is 4.48. The number of nitrogens with zero attached hydrogens (tertiary/aromatic N) is 1. The first-order valence-electron chi connectivity index (χ1n) is 5.23. The van der Waals surface area contributed by atoms with Gasteiger partial charge in [0.05, 0.1) is 5.56 Å². The number of phenolic OH excluding ortho intramolecular Hbond substituents is 3. The third-order valence-corrected chi connectivity index (χ3v) is 2.49. The van der Waals surface area contributed by atoms with Gasteiger partial charge < -0.3 is 20.2 Å². The molecule has 0 spiro atoms. The molecule has 0 atom stereocenters. The Bertz CT molecular complexity index is 541. The number of imide groups is 1. The molecule has 100 valence electrons. The van der Waals surface area contributed by atoms with Gasteiger partial charge in [-0.1, -0.05) is 0 Å². The van der Waals surface area contributed by atoms with E-state index in [1.807, 2.05) is 0 Å². The summed E-state index contributed by atoms with van der Waals surface area (Å²) >= 11 is 0. The zero-order valence-corrected chi connectivity index (χ0v) is 9.49. The fraction of sp³-hybridized carbons (Fsp3) is 0.182. The van der Waals surface area contributed by atoms with E-state index in [1.54, 1.807) is 0 Å². The number of aromatic hydroxyl groups is 3. The minimum Gasteiger partial charge on any atom is -0.504 e. The molecule has 2 amide bonds. The summed E-state index contributed by atoms with van der Waals surface area (Å²) in [6, 6.07) is 1.67. The lowest BCUT2D eigenvalue weighted by Crippen LogP contribution is -2.32. The van der Waals surface area contributed by atoms with Gasteiger partial charge in [-0.05, 0) is 12.1 Å². The van der Waals surface area contributed by atoms with Gasteiger partial charge in [-0.2, -0.15) is 0 Å². The van der Waals surface area contributed by atoms with E-state index in [1.165, 1.54) is 0 Å². The van der Waals surface area contributed by atoms with Crippen LogP contribution in [0.15, 0.2) is 12.1 Å². The molecule has 1 fully saturated rings. The molecule has 1 aromatic rings. The number of carbonyl (C=O) groups excluding carboxylic acids is 3. The Kier molecular flexibility index (Phi) is 2.99. The molecule has 1 saturated heterocycles.